The molecule has 0 aliphatic heterocycles. The Labute approximate surface area is 145 Å². The van der Waals surface area contributed by atoms with Crippen molar-refractivity contribution in [2.45, 2.75) is 20.3 Å². The number of furan rings is 1. The lowest BCUT2D eigenvalue weighted by molar-refractivity contribution is 0.0927. The molecule has 0 bridgehead atoms. The van der Waals surface area contributed by atoms with Crippen LogP contribution in [0.3, 0.4) is 0 Å². The quantitative estimate of drug-likeness (QED) is 0.579. The monoisotopic (exact) mass is 350 g/mol. The first-order valence-corrected chi connectivity index (χ1v) is 7.99. The molecule has 24 heavy (non-hydrogen) atoms. The Balaban J connectivity index is 2.12. The summed E-state index contributed by atoms with van der Waals surface area (Å²) in [6.45, 7) is 4.92. The van der Waals surface area contributed by atoms with Gasteiger partial charge < -0.3 is 13.9 Å². The summed E-state index contributed by atoms with van der Waals surface area (Å²) < 4.78 is 16.2. The van der Waals surface area contributed by atoms with E-state index in [0.717, 1.165) is 6.42 Å². The smallest absolute Gasteiger partial charge is 0.307 e. The van der Waals surface area contributed by atoms with Crippen LogP contribution in [0, 0.1) is 0 Å². The molecule has 6 nitrogen and oxygen atoms in total. The van der Waals surface area contributed by atoms with Crippen LogP contribution in [-0.2, 0) is 0 Å². The van der Waals surface area contributed by atoms with Crippen LogP contribution in [0.15, 0.2) is 40.0 Å². The third-order valence-corrected chi connectivity index (χ3v) is 3.19. The highest BCUT2D eigenvalue weighted by Gasteiger charge is 2.12. The van der Waals surface area contributed by atoms with Gasteiger partial charge in [0.25, 0.3) is 0 Å². The molecule has 0 aliphatic rings. The SMILES string of the molecule is CCCOc1c(Cl)cc(/C=N/NC(=O)c2ccco2)cc1OCC. The molecule has 0 aliphatic carbocycles. The number of rotatable bonds is 8. The van der Waals surface area contributed by atoms with E-state index in [2.05, 4.69) is 10.5 Å². The zero-order valence-electron chi connectivity index (χ0n) is 13.5. The van der Waals surface area contributed by atoms with Crippen molar-refractivity contribution in [3.05, 3.63) is 46.9 Å². The topological polar surface area (TPSA) is 73.1 Å². The van der Waals surface area contributed by atoms with E-state index in [1.807, 2.05) is 13.8 Å². The summed E-state index contributed by atoms with van der Waals surface area (Å²) in [4.78, 5) is 11.7. The lowest BCUT2D eigenvalue weighted by atomic mass is 10.2. The number of amides is 1. The van der Waals surface area contributed by atoms with Gasteiger partial charge in [0.05, 0.1) is 30.7 Å². The number of hydrazone groups is 1. The first-order valence-electron chi connectivity index (χ1n) is 7.61. The molecule has 2 aromatic rings. The minimum absolute atomic E-state index is 0.184. The summed E-state index contributed by atoms with van der Waals surface area (Å²) in [7, 11) is 0. The van der Waals surface area contributed by atoms with Crippen LogP contribution in [0.25, 0.3) is 0 Å². The first-order chi connectivity index (χ1) is 11.7. The first kappa shape index (κ1) is 17.9. The van der Waals surface area contributed by atoms with Crippen LogP contribution in [0.2, 0.25) is 5.02 Å². The molecule has 128 valence electrons. The second-order valence-corrected chi connectivity index (χ2v) is 5.20. The average molecular weight is 351 g/mol. The molecular weight excluding hydrogens is 332 g/mol. The van der Waals surface area contributed by atoms with Gasteiger partial charge in [0.2, 0.25) is 0 Å². The van der Waals surface area contributed by atoms with Gasteiger partial charge in [-0.1, -0.05) is 18.5 Å². The molecule has 0 saturated heterocycles. The van der Waals surface area contributed by atoms with Crippen molar-refractivity contribution in [3.8, 4) is 11.5 Å². The molecule has 1 aromatic carbocycles. The standard InChI is InChI=1S/C17H19ClN2O4/c1-3-7-24-16-13(18)9-12(10-15(16)22-4-2)11-19-20-17(21)14-6-5-8-23-14/h5-6,8-11H,3-4,7H2,1-2H3,(H,20,21)/b19-11+. The highest BCUT2D eigenvalue weighted by molar-refractivity contribution is 6.32. The number of halogens is 1. The maximum Gasteiger partial charge on any atom is 0.307 e. The summed E-state index contributed by atoms with van der Waals surface area (Å²) in [6.07, 6.45) is 3.75. The molecule has 0 spiro atoms. The van der Waals surface area contributed by atoms with E-state index in [1.54, 1.807) is 24.3 Å². The fourth-order valence-electron chi connectivity index (χ4n) is 1.90. The molecule has 1 aromatic heterocycles. The lowest BCUT2D eigenvalue weighted by Crippen LogP contribution is -2.16. The maximum absolute atomic E-state index is 11.7. The minimum Gasteiger partial charge on any atom is -0.490 e. The van der Waals surface area contributed by atoms with Gasteiger partial charge in [0.15, 0.2) is 17.3 Å². The van der Waals surface area contributed by atoms with Crippen molar-refractivity contribution in [2.75, 3.05) is 13.2 Å². The van der Waals surface area contributed by atoms with E-state index in [0.29, 0.717) is 35.3 Å². The largest absolute Gasteiger partial charge is 0.490 e. The molecular formula is C17H19ClN2O4. The van der Waals surface area contributed by atoms with Crippen molar-refractivity contribution < 1.29 is 18.7 Å². The van der Waals surface area contributed by atoms with E-state index in [9.17, 15) is 4.79 Å². The van der Waals surface area contributed by atoms with Gasteiger partial charge in [-0.3, -0.25) is 4.79 Å². The Kier molecular flexibility index (Phi) is 6.69. The van der Waals surface area contributed by atoms with Gasteiger partial charge in [-0.2, -0.15) is 5.10 Å². The number of benzene rings is 1. The summed E-state index contributed by atoms with van der Waals surface area (Å²) in [5, 5.41) is 4.32. The van der Waals surface area contributed by atoms with Crippen LogP contribution in [0.4, 0.5) is 0 Å². The van der Waals surface area contributed by atoms with E-state index >= 15 is 0 Å². The van der Waals surface area contributed by atoms with Gasteiger partial charge in [-0.15, -0.1) is 0 Å². The van der Waals surface area contributed by atoms with Crippen molar-refractivity contribution >= 4 is 23.7 Å². The van der Waals surface area contributed by atoms with Gasteiger partial charge in [-0.25, -0.2) is 5.43 Å². The predicted molar refractivity (Wildman–Crippen MR) is 92.2 cm³/mol. The van der Waals surface area contributed by atoms with Crippen molar-refractivity contribution in [3.63, 3.8) is 0 Å². The highest BCUT2D eigenvalue weighted by atomic mass is 35.5. The molecule has 0 saturated carbocycles. The number of nitrogens with one attached hydrogen (secondary N) is 1. The van der Waals surface area contributed by atoms with E-state index in [4.69, 9.17) is 25.5 Å². The zero-order valence-corrected chi connectivity index (χ0v) is 14.3. The Morgan fingerprint density at radius 2 is 2.21 bits per heavy atom. The Morgan fingerprint density at radius 1 is 1.38 bits per heavy atom. The summed E-state index contributed by atoms with van der Waals surface area (Å²) >= 11 is 6.26. The summed E-state index contributed by atoms with van der Waals surface area (Å²) in [5.74, 6) is 0.799. The number of hydrogen-bond donors (Lipinski definition) is 1. The Morgan fingerprint density at radius 3 is 2.88 bits per heavy atom. The number of carbonyl (C=O) groups is 1. The van der Waals surface area contributed by atoms with Crippen molar-refractivity contribution in [1.29, 1.82) is 0 Å². The van der Waals surface area contributed by atoms with Crippen LogP contribution in [0.5, 0.6) is 11.5 Å². The predicted octanol–water partition coefficient (Wildman–Crippen LogP) is 3.88. The lowest BCUT2D eigenvalue weighted by Gasteiger charge is -2.13. The third-order valence-electron chi connectivity index (χ3n) is 2.91. The fraction of sp³-hybridized carbons (Fsp3) is 0.294. The molecule has 0 unspecified atom stereocenters. The molecule has 0 atom stereocenters. The molecule has 0 radical (unpaired) electrons. The summed E-state index contributed by atoms with van der Waals surface area (Å²) in [5.41, 5.74) is 3.05. The number of ether oxygens (including phenoxy) is 2. The maximum atomic E-state index is 11.7. The van der Waals surface area contributed by atoms with Gasteiger partial charge in [0.1, 0.15) is 0 Å². The molecule has 2 rings (SSSR count). The van der Waals surface area contributed by atoms with Crippen LogP contribution in [-0.4, -0.2) is 25.3 Å². The Bertz CT molecular complexity index is 699. The third kappa shape index (κ3) is 4.76. The summed E-state index contributed by atoms with van der Waals surface area (Å²) in [6, 6.07) is 6.62. The molecule has 7 heteroatoms. The normalized spacial score (nSPS) is 10.8. The van der Waals surface area contributed by atoms with E-state index < -0.39 is 5.91 Å². The average Bonchev–Trinajstić information content (AvgIpc) is 3.09. The van der Waals surface area contributed by atoms with E-state index in [1.165, 1.54) is 12.5 Å². The second-order valence-electron chi connectivity index (χ2n) is 4.79. The van der Waals surface area contributed by atoms with Crippen molar-refractivity contribution in [2.24, 2.45) is 5.10 Å². The number of carbonyl (C=O) groups excluding carboxylic acids is 1. The van der Waals surface area contributed by atoms with Gasteiger partial charge in [-0.05, 0) is 43.2 Å². The minimum atomic E-state index is -0.435. The molecule has 1 amide bonds. The van der Waals surface area contributed by atoms with E-state index in [-0.39, 0.29) is 5.76 Å². The zero-order chi connectivity index (χ0) is 17.4. The number of hydrogen-bond acceptors (Lipinski definition) is 5. The molecule has 1 heterocycles. The number of nitrogens with zero attached hydrogens (tertiary/aromatic N) is 1. The molecule has 1 N–H and O–H groups in total. The Hall–Kier alpha value is -2.47. The second kappa shape index (κ2) is 8.98. The van der Waals surface area contributed by atoms with Gasteiger partial charge in [0, 0.05) is 0 Å². The van der Waals surface area contributed by atoms with Crippen molar-refractivity contribution in [1.82, 2.24) is 5.43 Å². The van der Waals surface area contributed by atoms with Gasteiger partial charge >= 0.3 is 5.91 Å². The van der Waals surface area contributed by atoms with Crippen LogP contribution in [0.1, 0.15) is 36.4 Å². The highest BCUT2D eigenvalue weighted by Crippen LogP contribution is 2.36. The molecule has 0 fully saturated rings. The van der Waals surface area contributed by atoms with Crippen LogP contribution >= 0.6 is 11.6 Å². The fourth-order valence-corrected chi connectivity index (χ4v) is 2.17. The van der Waals surface area contributed by atoms with Crippen LogP contribution < -0.4 is 14.9 Å².